The third-order valence-electron chi connectivity index (χ3n) is 5.51. The standard InChI is InChI=1S/C19H30N2/c1-4-20-18-16-11-6-5-9-15(16)10-7-12-17(18)21-14-8-13-19(21,2)3/h5-6,9,11,17-18,20H,4,7-8,10,12-14H2,1-3H3. The summed E-state index contributed by atoms with van der Waals surface area (Å²) in [5, 5.41) is 3.80. The zero-order valence-electron chi connectivity index (χ0n) is 13.9. The van der Waals surface area contributed by atoms with Gasteiger partial charge in [-0.3, -0.25) is 4.90 Å². The first-order valence-electron chi connectivity index (χ1n) is 8.71. The molecule has 1 fully saturated rings. The molecule has 0 bridgehead atoms. The number of nitrogens with zero attached hydrogens (tertiary/aromatic N) is 1. The Labute approximate surface area is 129 Å². The summed E-state index contributed by atoms with van der Waals surface area (Å²) >= 11 is 0. The van der Waals surface area contributed by atoms with E-state index < -0.39 is 0 Å². The molecule has 1 saturated heterocycles. The second-order valence-corrected chi connectivity index (χ2v) is 7.30. The quantitative estimate of drug-likeness (QED) is 0.847. The summed E-state index contributed by atoms with van der Waals surface area (Å²) in [4.78, 5) is 2.79. The molecule has 1 aliphatic carbocycles. The second kappa shape index (κ2) is 6.10. The molecule has 2 aliphatic rings. The fourth-order valence-corrected chi connectivity index (χ4v) is 4.49. The van der Waals surface area contributed by atoms with Gasteiger partial charge in [-0.15, -0.1) is 0 Å². The molecule has 1 aromatic carbocycles. The van der Waals surface area contributed by atoms with Crippen LogP contribution in [0.4, 0.5) is 0 Å². The molecule has 1 aromatic rings. The van der Waals surface area contributed by atoms with E-state index in [1.165, 1.54) is 38.6 Å². The number of hydrogen-bond donors (Lipinski definition) is 1. The maximum Gasteiger partial charge on any atom is 0.0481 e. The fourth-order valence-electron chi connectivity index (χ4n) is 4.49. The topological polar surface area (TPSA) is 15.3 Å². The van der Waals surface area contributed by atoms with Crippen LogP contribution in [-0.4, -0.2) is 29.6 Å². The van der Waals surface area contributed by atoms with Gasteiger partial charge in [-0.1, -0.05) is 31.2 Å². The molecule has 3 rings (SSSR count). The van der Waals surface area contributed by atoms with Crippen LogP contribution in [0.1, 0.15) is 63.6 Å². The molecule has 0 spiro atoms. The van der Waals surface area contributed by atoms with Gasteiger partial charge >= 0.3 is 0 Å². The van der Waals surface area contributed by atoms with Crippen LogP contribution in [0.5, 0.6) is 0 Å². The summed E-state index contributed by atoms with van der Waals surface area (Å²) in [7, 11) is 0. The number of fused-ring (bicyclic) bond motifs is 1. The van der Waals surface area contributed by atoms with Crippen molar-refractivity contribution >= 4 is 0 Å². The smallest absolute Gasteiger partial charge is 0.0481 e. The lowest BCUT2D eigenvalue weighted by molar-refractivity contribution is 0.0834. The number of likely N-dealkylation sites (tertiary alicyclic amines) is 1. The molecule has 2 unspecified atom stereocenters. The van der Waals surface area contributed by atoms with E-state index in [1.807, 2.05) is 0 Å². The van der Waals surface area contributed by atoms with Crippen molar-refractivity contribution in [3.8, 4) is 0 Å². The summed E-state index contributed by atoms with van der Waals surface area (Å²) in [6, 6.07) is 10.2. The van der Waals surface area contributed by atoms with Crippen LogP contribution in [0, 0.1) is 0 Å². The van der Waals surface area contributed by atoms with Crippen LogP contribution in [0.2, 0.25) is 0 Å². The highest BCUT2D eigenvalue weighted by Crippen LogP contribution is 2.39. The van der Waals surface area contributed by atoms with E-state index in [0.29, 0.717) is 17.6 Å². The second-order valence-electron chi connectivity index (χ2n) is 7.30. The third kappa shape index (κ3) is 2.89. The van der Waals surface area contributed by atoms with Gasteiger partial charge in [0.05, 0.1) is 0 Å². The molecule has 1 N–H and O–H groups in total. The van der Waals surface area contributed by atoms with Crippen molar-refractivity contribution in [3.05, 3.63) is 35.4 Å². The molecular weight excluding hydrogens is 256 g/mol. The van der Waals surface area contributed by atoms with E-state index in [9.17, 15) is 0 Å². The minimum atomic E-state index is 0.359. The Morgan fingerprint density at radius 2 is 2.05 bits per heavy atom. The van der Waals surface area contributed by atoms with Crippen molar-refractivity contribution in [2.24, 2.45) is 0 Å². The summed E-state index contributed by atoms with van der Waals surface area (Å²) < 4.78 is 0. The Morgan fingerprint density at radius 3 is 2.76 bits per heavy atom. The van der Waals surface area contributed by atoms with Gasteiger partial charge in [0.15, 0.2) is 0 Å². The van der Waals surface area contributed by atoms with Crippen LogP contribution in [0.15, 0.2) is 24.3 Å². The lowest BCUT2D eigenvalue weighted by atomic mass is 9.92. The molecule has 1 heterocycles. The maximum absolute atomic E-state index is 3.80. The molecular formula is C19H30N2. The van der Waals surface area contributed by atoms with E-state index in [1.54, 1.807) is 11.1 Å². The van der Waals surface area contributed by atoms with Crippen LogP contribution in [0.3, 0.4) is 0 Å². The number of hydrogen-bond acceptors (Lipinski definition) is 2. The first kappa shape index (κ1) is 15.1. The normalized spacial score (nSPS) is 29.1. The summed E-state index contributed by atoms with van der Waals surface area (Å²) in [6.07, 6.45) is 6.56. The van der Waals surface area contributed by atoms with Gasteiger partial charge in [0.2, 0.25) is 0 Å². The van der Waals surface area contributed by atoms with Gasteiger partial charge in [0, 0.05) is 17.6 Å². The first-order valence-corrected chi connectivity index (χ1v) is 8.71. The Balaban J connectivity index is 1.96. The molecule has 2 heteroatoms. The SMILES string of the molecule is CCNC1c2ccccc2CCCC1N1CCCC1(C)C. The zero-order valence-corrected chi connectivity index (χ0v) is 13.9. The average molecular weight is 286 g/mol. The zero-order chi connectivity index (χ0) is 14.9. The lowest BCUT2D eigenvalue weighted by Crippen LogP contribution is -2.50. The highest BCUT2D eigenvalue weighted by atomic mass is 15.3. The summed E-state index contributed by atoms with van der Waals surface area (Å²) in [5.41, 5.74) is 3.46. The number of rotatable bonds is 3. The van der Waals surface area contributed by atoms with Crippen molar-refractivity contribution in [1.29, 1.82) is 0 Å². The first-order chi connectivity index (χ1) is 10.1. The Kier molecular flexibility index (Phi) is 4.37. The third-order valence-corrected chi connectivity index (χ3v) is 5.51. The maximum atomic E-state index is 3.80. The molecule has 0 radical (unpaired) electrons. The lowest BCUT2D eigenvalue weighted by Gasteiger charge is -2.42. The van der Waals surface area contributed by atoms with Gasteiger partial charge in [-0.05, 0) is 70.2 Å². The average Bonchev–Trinajstić information content (AvgIpc) is 2.72. The number of aryl methyl sites for hydroxylation is 1. The van der Waals surface area contributed by atoms with E-state index in [0.717, 1.165) is 6.54 Å². The van der Waals surface area contributed by atoms with E-state index in [2.05, 4.69) is 55.3 Å². The monoisotopic (exact) mass is 286 g/mol. The van der Waals surface area contributed by atoms with E-state index in [-0.39, 0.29) is 0 Å². The molecule has 116 valence electrons. The van der Waals surface area contributed by atoms with Crippen molar-refractivity contribution in [1.82, 2.24) is 10.2 Å². The molecule has 21 heavy (non-hydrogen) atoms. The molecule has 0 saturated carbocycles. The van der Waals surface area contributed by atoms with Crippen LogP contribution >= 0.6 is 0 Å². The molecule has 2 atom stereocenters. The molecule has 2 nitrogen and oxygen atoms in total. The highest BCUT2D eigenvalue weighted by Gasteiger charge is 2.41. The number of benzene rings is 1. The highest BCUT2D eigenvalue weighted by molar-refractivity contribution is 5.33. The van der Waals surface area contributed by atoms with Crippen molar-refractivity contribution in [2.45, 2.75) is 70.5 Å². The minimum Gasteiger partial charge on any atom is -0.309 e. The number of nitrogens with one attached hydrogen (secondary N) is 1. The Hall–Kier alpha value is -0.860. The molecule has 0 amide bonds. The van der Waals surface area contributed by atoms with Crippen molar-refractivity contribution in [3.63, 3.8) is 0 Å². The Bertz CT molecular complexity index is 480. The van der Waals surface area contributed by atoms with Crippen LogP contribution in [-0.2, 0) is 6.42 Å². The number of likely N-dealkylation sites (N-methyl/N-ethyl adjacent to an activating group) is 1. The van der Waals surface area contributed by atoms with Gasteiger partial charge in [-0.2, -0.15) is 0 Å². The molecule has 1 aliphatic heterocycles. The fraction of sp³-hybridized carbons (Fsp3) is 0.684. The van der Waals surface area contributed by atoms with Crippen LogP contribution in [0.25, 0.3) is 0 Å². The van der Waals surface area contributed by atoms with Crippen molar-refractivity contribution < 1.29 is 0 Å². The predicted molar refractivity (Wildman–Crippen MR) is 89.6 cm³/mol. The minimum absolute atomic E-state index is 0.359. The summed E-state index contributed by atoms with van der Waals surface area (Å²) in [5.74, 6) is 0. The predicted octanol–water partition coefficient (Wildman–Crippen LogP) is 3.92. The van der Waals surface area contributed by atoms with Gasteiger partial charge in [-0.25, -0.2) is 0 Å². The Morgan fingerprint density at radius 1 is 1.24 bits per heavy atom. The summed E-state index contributed by atoms with van der Waals surface area (Å²) in [6.45, 7) is 9.41. The van der Waals surface area contributed by atoms with Crippen molar-refractivity contribution in [2.75, 3.05) is 13.1 Å². The largest absolute Gasteiger partial charge is 0.309 e. The van der Waals surface area contributed by atoms with Gasteiger partial charge in [0.25, 0.3) is 0 Å². The van der Waals surface area contributed by atoms with Gasteiger partial charge < -0.3 is 5.32 Å². The van der Waals surface area contributed by atoms with E-state index in [4.69, 9.17) is 0 Å². The van der Waals surface area contributed by atoms with Crippen LogP contribution < -0.4 is 5.32 Å². The molecule has 0 aromatic heterocycles. The van der Waals surface area contributed by atoms with E-state index >= 15 is 0 Å². The van der Waals surface area contributed by atoms with Gasteiger partial charge in [0.1, 0.15) is 0 Å².